The first-order valence-electron chi connectivity index (χ1n) is 3.60. The molecule has 0 bridgehead atoms. The first-order chi connectivity index (χ1) is 5.36. The van der Waals surface area contributed by atoms with E-state index in [2.05, 4.69) is 11.1 Å². The normalized spacial score (nSPS) is 9.42. The Morgan fingerprint density at radius 2 is 2.00 bits per heavy atom. The molecule has 0 spiro atoms. The molecule has 0 N–H and O–H groups in total. The molecule has 0 aliphatic heterocycles. The monoisotopic (exact) mass is 149 g/mol. The number of hydrogen-bond donors (Lipinski definition) is 0. The van der Waals surface area contributed by atoms with Crippen molar-refractivity contribution in [1.82, 2.24) is 4.98 Å². The zero-order valence-electron chi connectivity index (χ0n) is 7.33. The second kappa shape index (κ2) is 3.76. The van der Waals surface area contributed by atoms with Crippen LogP contribution in [0.2, 0.25) is 0 Å². The summed E-state index contributed by atoms with van der Waals surface area (Å²) in [4.78, 5) is 4.34. The van der Waals surface area contributed by atoms with E-state index in [0.29, 0.717) is 0 Å². The van der Waals surface area contributed by atoms with E-state index in [9.17, 15) is 0 Å². The summed E-state index contributed by atoms with van der Waals surface area (Å²) in [5.74, 6) is 0. The third kappa shape index (κ3) is 1.69. The molecule has 12 heavy (non-hydrogen) atoms. The second-order valence-electron chi connectivity index (χ2n) is 2.56. The third-order valence-corrected chi connectivity index (χ3v) is 1.64. The summed E-state index contributed by atoms with van der Waals surface area (Å²) in [7, 11) is 0. The van der Waals surface area contributed by atoms with Crippen LogP contribution in [0.1, 0.15) is 5.69 Å². The summed E-state index contributed by atoms with van der Waals surface area (Å²) in [6, 6.07) is 13.1. The van der Waals surface area contributed by atoms with Crippen molar-refractivity contribution < 1.29 is 18.9 Å². The number of aromatic nitrogens is 1. The van der Waals surface area contributed by atoms with Gasteiger partial charge in [-0.05, 0) is 11.2 Å². The van der Waals surface area contributed by atoms with E-state index in [1.165, 1.54) is 0 Å². The number of benzene rings is 1. The Labute approximate surface area is 84.0 Å². The minimum Gasteiger partial charge on any atom is -0.349 e. The molecule has 1 heterocycles. The van der Waals surface area contributed by atoms with Gasteiger partial charge in [0.25, 0.3) is 0 Å². The van der Waals surface area contributed by atoms with Crippen molar-refractivity contribution in [2.24, 2.45) is 0 Å². The molecule has 0 atom stereocenters. The van der Waals surface area contributed by atoms with E-state index in [1.807, 2.05) is 37.3 Å². The molecule has 0 unspecified atom stereocenters. The smallest absolute Gasteiger partial charge is 0.349 e. The summed E-state index contributed by atoms with van der Waals surface area (Å²) >= 11 is 0. The van der Waals surface area contributed by atoms with Crippen LogP contribution in [0.3, 0.4) is 0 Å². The Kier molecular flexibility index (Phi) is 2.92. The minimum atomic E-state index is 0. The molecule has 1 aromatic carbocycles. The molecule has 2 aromatic rings. The molecular formula is C10H8LiN. The summed E-state index contributed by atoms with van der Waals surface area (Å²) in [6.07, 6.45) is 0. The van der Waals surface area contributed by atoms with Gasteiger partial charge in [-0.1, -0.05) is 19.1 Å². The van der Waals surface area contributed by atoms with E-state index in [4.69, 9.17) is 0 Å². The number of pyridine rings is 1. The molecule has 54 valence electrons. The van der Waals surface area contributed by atoms with Gasteiger partial charge in [-0.25, -0.2) is 0 Å². The molecule has 1 nitrogen and oxygen atoms in total. The fourth-order valence-corrected chi connectivity index (χ4v) is 1.10. The Morgan fingerprint density at radius 3 is 2.83 bits per heavy atom. The number of hydrogen-bond acceptors (Lipinski definition) is 1. The summed E-state index contributed by atoms with van der Waals surface area (Å²) < 4.78 is 0. The van der Waals surface area contributed by atoms with Crippen molar-refractivity contribution in [3.05, 3.63) is 42.1 Å². The van der Waals surface area contributed by atoms with Gasteiger partial charge in [0, 0.05) is 0 Å². The van der Waals surface area contributed by atoms with Crippen molar-refractivity contribution >= 4 is 10.9 Å². The summed E-state index contributed by atoms with van der Waals surface area (Å²) in [5.41, 5.74) is 2.04. The average Bonchev–Trinajstić information content (AvgIpc) is 2.04. The maximum absolute atomic E-state index is 4.34. The molecule has 0 fully saturated rings. The van der Waals surface area contributed by atoms with E-state index in [-0.39, 0.29) is 18.9 Å². The third-order valence-electron chi connectivity index (χ3n) is 1.64. The van der Waals surface area contributed by atoms with Crippen LogP contribution in [-0.4, -0.2) is 4.98 Å². The first-order valence-corrected chi connectivity index (χ1v) is 3.60. The number of aryl methyl sites for hydroxylation is 1. The van der Waals surface area contributed by atoms with Crippen LogP contribution in [0.4, 0.5) is 0 Å². The molecule has 0 saturated heterocycles. The zero-order valence-corrected chi connectivity index (χ0v) is 7.33. The zero-order chi connectivity index (χ0) is 7.68. The Bertz CT molecular complexity index is 384. The minimum absolute atomic E-state index is 0. The van der Waals surface area contributed by atoms with Crippen molar-refractivity contribution in [1.29, 1.82) is 0 Å². The van der Waals surface area contributed by atoms with Gasteiger partial charge in [0.2, 0.25) is 0 Å². The van der Waals surface area contributed by atoms with E-state index >= 15 is 0 Å². The molecule has 0 aliphatic carbocycles. The maximum Gasteiger partial charge on any atom is 1.00 e. The number of nitrogens with zero attached hydrogens (tertiary/aromatic N) is 1. The van der Waals surface area contributed by atoms with Crippen molar-refractivity contribution in [3.63, 3.8) is 0 Å². The van der Waals surface area contributed by atoms with Crippen LogP contribution in [0.15, 0.2) is 30.3 Å². The van der Waals surface area contributed by atoms with Crippen LogP contribution >= 0.6 is 0 Å². The van der Waals surface area contributed by atoms with Crippen LogP contribution in [0, 0.1) is 13.0 Å². The Balaban J connectivity index is 0.000000720. The van der Waals surface area contributed by atoms with Crippen molar-refractivity contribution in [2.45, 2.75) is 6.92 Å². The fourth-order valence-electron chi connectivity index (χ4n) is 1.10. The number of para-hydroxylation sites is 1. The van der Waals surface area contributed by atoms with Gasteiger partial charge >= 0.3 is 18.9 Å². The predicted molar refractivity (Wildman–Crippen MR) is 45.3 cm³/mol. The Morgan fingerprint density at radius 1 is 1.25 bits per heavy atom. The standard InChI is InChI=1S/C10H8N.Li/c1-8-6-7-9-4-2-3-5-10(9)11-8;/h2-6H,1H3;/q-1;+1. The van der Waals surface area contributed by atoms with Gasteiger partial charge in [-0.3, -0.25) is 0 Å². The summed E-state index contributed by atoms with van der Waals surface area (Å²) in [6.45, 7) is 1.98. The SMILES string of the molecule is Cc1c[c-]c2ccccc2n1.[Li+]. The predicted octanol–water partition coefficient (Wildman–Crippen LogP) is -0.653. The van der Waals surface area contributed by atoms with E-state index < -0.39 is 0 Å². The van der Waals surface area contributed by atoms with Crippen LogP contribution in [0.5, 0.6) is 0 Å². The van der Waals surface area contributed by atoms with Crippen molar-refractivity contribution in [2.75, 3.05) is 0 Å². The van der Waals surface area contributed by atoms with Gasteiger partial charge in [-0.15, -0.1) is 29.7 Å². The largest absolute Gasteiger partial charge is 1.00 e. The van der Waals surface area contributed by atoms with Crippen LogP contribution in [0.25, 0.3) is 10.9 Å². The van der Waals surface area contributed by atoms with E-state index in [1.54, 1.807) is 0 Å². The van der Waals surface area contributed by atoms with Gasteiger partial charge in [0.15, 0.2) is 0 Å². The van der Waals surface area contributed by atoms with Crippen molar-refractivity contribution in [3.8, 4) is 0 Å². The number of rotatable bonds is 0. The molecule has 1 aromatic heterocycles. The van der Waals surface area contributed by atoms with Gasteiger partial charge in [-0.2, -0.15) is 0 Å². The number of fused-ring (bicyclic) bond motifs is 1. The molecule has 2 heteroatoms. The molecule has 2 rings (SSSR count). The van der Waals surface area contributed by atoms with Crippen LogP contribution < -0.4 is 18.9 Å². The van der Waals surface area contributed by atoms with Gasteiger partial charge < -0.3 is 4.98 Å². The average molecular weight is 149 g/mol. The first kappa shape index (κ1) is 9.32. The maximum atomic E-state index is 4.34. The molecule has 0 aliphatic rings. The fraction of sp³-hybridized carbons (Fsp3) is 0.100. The molecule has 0 amide bonds. The molecular weight excluding hydrogens is 141 g/mol. The molecule has 0 radical (unpaired) electrons. The quantitative estimate of drug-likeness (QED) is 0.358. The van der Waals surface area contributed by atoms with E-state index in [0.717, 1.165) is 16.6 Å². The van der Waals surface area contributed by atoms with Gasteiger partial charge in [0.1, 0.15) is 0 Å². The topological polar surface area (TPSA) is 12.9 Å². The second-order valence-corrected chi connectivity index (χ2v) is 2.56. The molecule has 0 saturated carbocycles. The van der Waals surface area contributed by atoms with Gasteiger partial charge in [0.05, 0.1) is 0 Å². The van der Waals surface area contributed by atoms with Crippen LogP contribution in [-0.2, 0) is 0 Å². The summed E-state index contributed by atoms with van der Waals surface area (Å²) in [5, 5.41) is 1.08. The Hall–Kier alpha value is -0.773.